The summed E-state index contributed by atoms with van der Waals surface area (Å²) in [5.74, 6) is 1.52. The highest BCUT2D eigenvalue weighted by Gasteiger charge is 2.13. The number of benzene rings is 1. The lowest BCUT2D eigenvalue weighted by Gasteiger charge is -2.00. The Morgan fingerprint density at radius 1 is 1.23 bits per heavy atom. The fourth-order valence-electron chi connectivity index (χ4n) is 2.74. The predicted molar refractivity (Wildman–Crippen MR) is 101 cm³/mol. The van der Waals surface area contributed by atoms with E-state index in [-0.39, 0.29) is 12.1 Å². The molecule has 0 radical (unpaired) electrons. The average molecular weight is 366 g/mol. The van der Waals surface area contributed by atoms with Crippen LogP contribution in [-0.2, 0) is 13.0 Å². The lowest BCUT2D eigenvalue weighted by molar-refractivity contribution is 0.358. The van der Waals surface area contributed by atoms with Crippen molar-refractivity contribution in [2.45, 2.75) is 26.8 Å². The van der Waals surface area contributed by atoms with Gasteiger partial charge >= 0.3 is 0 Å². The van der Waals surface area contributed by atoms with Gasteiger partial charge in [0, 0.05) is 11.3 Å². The summed E-state index contributed by atoms with van der Waals surface area (Å²) >= 11 is 1.46. The van der Waals surface area contributed by atoms with Crippen LogP contribution in [-0.4, -0.2) is 19.7 Å². The monoisotopic (exact) mass is 366 g/mol. The summed E-state index contributed by atoms with van der Waals surface area (Å²) in [6.07, 6.45) is 2.27. The molecule has 6 nitrogen and oxygen atoms in total. The first-order valence-corrected chi connectivity index (χ1v) is 9.27. The van der Waals surface area contributed by atoms with Gasteiger partial charge in [-0.25, -0.2) is 4.98 Å². The van der Waals surface area contributed by atoms with Crippen LogP contribution in [0.2, 0.25) is 0 Å². The quantitative estimate of drug-likeness (QED) is 0.538. The van der Waals surface area contributed by atoms with Gasteiger partial charge in [0.05, 0.1) is 18.4 Å². The lowest BCUT2D eigenvalue weighted by Crippen LogP contribution is -2.20. The van der Waals surface area contributed by atoms with Crippen molar-refractivity contribution < 1.29 is 4.52 Å². The fourth-order valence-corrected chi connectivity index (χ4v) is 3.81. The van der Waals surface area contributed by atoms with Crippen molar-refractivity contribution in [3.05, 3.63) is 64.8 Å². The molecule has 26 heavy (non-hydrogen) atoms. The van der Waals surface area contributed by atoms with Crippen LogP contribution in [0.3, 0.4) is 0 Å². The number of rotatable bonds is 5. The highest BCUT2D eigenvalue weighted by atomic mass is 32.1. The molecule has 4 rings (SSSR count). The topological polar surface area (TPSA) is 73.8 Å². The summed E-state index contributed by atoms with van der Waals surface area (Å²) in [5, 5.41) is 3.97. The molecule has 1 aromatic carbocycles. The van der Waals surface area contributed by atoms with E-state index in [1.807, 2.05) is 36.4 Å². The Balaban J connectivity index is 1.65. The second kappa shape index (κ2) is 6.84. The van der Waals surface area contributed by atoms with Crippen molar-refractivity contribution in [3.63, 3.8) is 0 Å². The molecule has 3 aromatic heterocycles. The molecule has 0 aliphatic rings. The molecule has 0 saturated carbocycles. The highest BCUT2D eigenvalue weighted by Crippen LogP contribution is 2.30. The van der Waals surface area contributed by atoms with E-state index in [2.05, 4.69) is 29.0 Å². The van der Waals surface area contributed by atoms with Gasteiger partial charge in [-0.1, -0.05) is 49.3 Å². The second-order valence-electron chi connectivity index (χ2n) is 6.57. The van der Waals surface area contributed by atoms with Gasteiger partial charge in [0.2, 0.25) is 5.89 Å². The van der Waals surface area contributed by atoms with Gasteiger partial charge in [-0.15, -0.1) is 11.3 Å². The highest BCUT2D eigenvalue weighted by molar-refractivity contribution is 7.22. The maximum absolute atomic E-state index is 12.8. The maximum atomic E-state index is 12.8. The van der Waals surface area contributed by atoms with Gasteiger partial charge in [-0.05, 0) is 17.5 Å². The van der Waals surface area contributed by atoms with Gasteiger partial charge in [0.25, 0.3) is 5.56 Å². The molecule has 0 unspecified atom stereocenters. The number of hydrogen-bond donors (Lipinski definition) is 0. The molecule has 0 bridgehead atoms. The Bertz CT molecular complexity index is 1100. The predicted octanol–water partition coefficient (Wildman–Crippen LogP) is 3.75. The van der Waals surface area contributed by atoms with Crippen molar-refractivity contribution >= 4 is 21.6 Å². The van der Waals surface area contributed by atoms with E-state index in [0.717, 1.165) is 16.9 Å². The summed E-state index contributed by atoms with van der Waals surface area (Å²) < 4.78 is 7.40. The molecule has 3 heterocycles. The summed E-state index contributed by atoms with van der Waals surface area (Å²) in [5.41, 5.74) is 1.71. The third-order valence-corrected chi connectivity index (χ3v) is 5.13. The molecule has 0 fully saturated rings. The fraction of sp³-hybridized carbons (Fsp3) is 0.263. The van der Waals surface area contributed by atoms with E-state index in [4.69, 9.17) is 4.52 Å². The molecule has 7 heteroatoms. The molecule has 0 amide bonds. The normalized spacial score (nSPS) is 11.5. The Labute approximate surface area is 154 Å². The van der Waals surface area contributed by atoms with Crippen LogP contribution < -0.4 is 5.56 Å². The van der Waals surface area contributed by atoms with Crippen LogP contribution in [0.25, 0.3) is 20.7 Å². The summed E-state index contributed by atoms with van der Waals surface area (Å²) in [6.45, 7) is 4.43. The Kier molecular flexibility index (Phi) is 4.38. The maximum Gasteiger partial charge on any atom is 0.271 e. The SMILES string of the molecule is CC(C)Cc1nc(Cn2cnc3cc(-c4ccccc4)sc3c2=O)no1. The number of nitrogens with zero attached hydrogens (tertiary/aromatic N) is 4. The van der Waals surface area contributed by atoms with Crippen molar-refractivity contribution in [3.8, 4) is 10.4 Å². The molecule has 132 valence electrons. The molecule has 0 aliphatic heterocycles. The summed E-state index contributed by atoms with van der Waals surface area (Å²) in [4.78, 5) is 22.6. The number of hydrogen-bond acceptors (Lipinski definition) is 6. The van der Waals surface area contributed by atoms with Crippen molar-refractivity contribution in [1.82, 2.24) is 19.7 Å². The van der Waals surface area contributed by atoms with Crippen LogP contribution in [0.15, 0.2) is 52.0 Å². The number of aromatic nitrogens is 4. The third kappa shape index (κ3) is 3.30. The standard InChI is InChI=1S/C19H18N4O2S/c1-12(2)8-17-21-16(22-25-17)10-23-11-20-14-9-15(26-18(14)19(23)24)13-6-4-3-5-7-13/h3-7,9,11-12H,8,10H2,1-2H3. The lowest BCUT2D eigenvalue weighted by atomic mass is 10.1. The molecule has 0 atom stereocenters. The minimum Gasteiger partial charge on any atom is -0.339 e. The van der Waals surface area contributed by atoms with Crippen LogP contribution >= 0.6 is 11.3 Å². The zero-order valence-electron chi connectivity index (χ0n) is 14.5. The largest absolute Gasteiger partial charge is 0.339 e. The molecule has 0 aliphatic carbocycles. The van der Waals surface area contributed by atoms with Crippen LogP contribution in [0, 0.1) is 5.92 Å². The van der Waals surface area contributed by atoms with E-state index < -0.39 is 0 Å². The van der Waals surface area contributed by atoms with Crippen molar-refractivity contribution in [2.24, 2.45) is 5.92 Å². The summed E-state index contributed by atoms with van der Waals surface area (Å²) in [7, 11) is 0. The number of fused-ring (bicyclic) bond motifs is 1. The molecule has 0 spiro atoms. The van der Waals surface area contributed by atoms with Crippen LogP contribution in [0.5, 0.6) is 0 Å². The van der Waals surface area contributed by atoms with E-state index in [1.54, 1.807) is 6.33 Å². The Hall–Kier alpha value is -2.80. The van der Waals surface area contributed by atoms with Gasteiger partial charge in [-0.3, -0.25) is 9.36 Å². The van der Waals surface area contributed by atoms with Crippen molar-refractivity contribution in [2.75, 3.05) is 0 Å². The Morgan fingerprint density at radius 2 is 2.04 bits per heavy atom. The molecular weight excluding hydrogens is 348 g/mol. The van der Waals surface area contributed by atoms with E-state index in [9.17, 15) is 4.79 Å². The average Bonchev–Trinajstić information content (AvgIpc) is 3.25. The van der Waals surface area contributed by atoms with Crippen LogP contribution in [0.1, 0.15) is 25.6 Å². The van der Waals surface area contributed by atoms with E-state index >= 15 is 0 Å². The minimum absolute atomic E-state index is 0.0857. The Morgan fingerprint density at radius 3 is 2.81 bits per heavy atom. The first kappa shape index (κ1) is 16.7. The molecule has 4 aromatic rings. The third-order valence-electron chi connectivity index (χ3n) is 3.97. The number of thiophene rings is 1. The second-order valence-corrected chi connectivity index (χ2v) is 7.62. The first-order valence-electron chi connectivity index (χ1n) is 8.46. The smallest absolute Gasteiger partial charge is 0.271 e. The van der Waals surface area contributed by atoms with E-state index in [0.29, 0.717) is 27.8 Å². The first-order chi connectivity index (χ1) is 12.6. The van der Waals surface area contributed by atoms with Gasteiger partial charge in [0.1, 0.15) is 4.70 Å². The summed E-state index contributed by atoms with van der Waals surface area (Å²) in [6, 6.07) is 11.9. The van der Waals surface area contributed by atoms with Crippen LogP contribution in [0.4, 0.5) is 0 Å². The zero-order valence-corrected chi connectivity index (χ0v) is 15.4. The van der Waals surface area contributed by atoms with Gasteiger partial charge in [-0.2, -0.15) is 4.98 Å². The molecular formula is C19H18N4O2S. The van der Waals surface area contributed by atoms with Gasteiger partial charge in [0.15, 0.2) is 5.82 Å². The van der Waals surface area contributed by atoms with Gasteiger partial charge < -0.3 is 4.52 Å². The molecule has 0 saturated heterocycles. The van der Waals surface area contributed by atoms with E-state index in [1.165, 1.54) is 15.9 Å². The minimum atomic E-state index is -0.0857. The van der Waals surface area contributed by atoms with Crippen molar-refractivity contribution in [1.29, 1.82) is 0 Å². The zero-order chi connectivity index (χ0) is 18.1. The molecule has 0 N–H and O–H groups in total.